The number of rotatable bonds is 6. The summed E-state index contributed by atoms with van der Waals surface area (Å²) < 4.78 is 52.3. The fourth-order valence-corrected chi connectivity index (χ4v) is 6.12. The molecule has 212 valence electrons. The van der Waals surface area contributed by atoms with Crippen molar-refractivity contribution >= 4 is 40.3 Å². The second-order valence-electron chi connectivity index (χ2n) is 9.68. The maximum Gasteiger partial charge on any atom is 0.416 e. The number of aliphatic carboxylic acids is 1. The number of hydrogen-bond acceptors (Lipinski definition) is 8. The van der Waals surface area contributed by atoms with Crippen molar-refractivity contribution in [3.05, 3.63) is 64.4 Å². The summed E-state index contributed by atoms with van der Waals surface area (Å²) in [6, 6.07) is 10.2. The molecule has 0 spiro atoms. The monoisotopic (exact) mass is 574 g/mol. The minimum atomic E-state index is -4.60. The molecule has 2 unspecified atom stereocenters. The van der Waals surface area contributed by atoms with E-state index in [4.69, 9.17) is 14.5 Å². The van der Waals surface area contributed by atoms with Crippen LogP contribution in [0.1, 0.15) is 30.5 Å². The highest BCUT2D eigenvalue weighted by Crippen LogP contribution is 2.46. The molecular formula is C28H29F3N4O4S. The number of halogens is 3. The van der Waals surface area contributed by atoms with Crippen molar-refractivity contribution in [1.82, 2.24) is 4.90 Å². The Morgan fingerprint density at radius 1 is 1.12 bits per heavy atom. The second-order valence-corrected chi connectivity index (χ2v) is 10.4. The van der Waals surface area contributed by atoms with Crippen LogP contribution in [0.3, 0.4) is 0 Å². The lowest BCUT2D eigenvalue weighted by Crippen LogP contribution is -2.58. The van der Waals surface area contributed by atoms with Crippen LogP contribution in [0.4, 0.5) is 30.2 Å². The van der Waals surface area contributed by atoms with Crippen LogP contribution in [-0.4, -0.2) is 61.8 Å². The Morgan fingerprint density at radius 2 is 1.93 bits per heavy atom. The van der Waals surface area contributed by atoms with Crippen molar-refractivity contribution in [1.29, 1.82) is 0 Å². The second kappa shape index (κ2) is 10.9. The third-order valence-corrected chi connectivity index (χ3v) is 7.96. The van der Waals surface area contributed by atoms with Gasteiger partial charge in [0.15, 0.2) is 0 Å². The first-order chi connectivity index (χ1) is 19.1. The Bertz CT molecular complexity index is 1430. The molecule has 1 N–H and O–H groups in total. The van der Waals surface area contributed by atoms with Crippen LogP contribution in [-0.2, 0) is 11.0 Å². The first-order valence-corrected chi connectivity index (χ1v) is 13.6. The molecule has 2 aliphatic rings. The number of carboxylic acid groups (broad SMARTS) is 1. The van der Waals surface area contributed by atoms with Crippen LogP contribution in [0.15, 0.2) is 58.2 Å². The van der Waals surface area contributed by atoms with Crippen LogP contribution < -0.4 is 19.3 Å². The average Bonchev–Trinajstić information content (AvgIpc) is 3.40. The zero-order valence-electron chi connectivity index (χ0n) is 22.2. The Kier molecular flexibility index (Phi) is 7.54. The van der Waals surface area contributed by atoms with Crippen LogP contribution in [0.2, 0.25) is 0 Å². The largest absolute Gasteiger partial charge is 0.497 e. The number of guanidine groups is 1. The van der Waals surface area contributed by atoms with Gasteiger partial charge in [-0.15, -0.1) is 11.3 Å². The van der Waals surface area contributed by atoms with Gasteiger partial charge in [-0.25, -0.2) is 4.99 Å². The van der Waals surface area contributed by atoms with Gasteiger partial charge in [-0.05, 0) is 42.6 Å². The van der Waals surface area contributed by atoms with Gasteiger partial charge in [0.2, 0.25) is 5.96 Å². The number of nitrogens with zero attached hydrogens (tertiary/aromatic N) is 4. The number of benzene rings is 2. The van der Waals surface area contributed by atoms with Gasteiger partial charge in [0.05, 0.1) is 43.6 Å². The molecule has 3 heterocycles. The summed E-state index contributed by atoms with van der Waals surface area (Å²) in [6.07, 6.45) is -4.93. The lowest BCUT2D eigenvalue weighted by molar-refractivity contribution is -0.138. The number of anilines is 2. The maximum absolute atomic E-state index is 13.8. The molecule has 2 aliphatic heterocycles. The Morgan fingerprint density at radius 3 is 2.60 bits per heavy atom. The third-order valence-electron chi connectivity index (χ3n) is 7.21. The number of piperazine rings is 1. The maximum atomic E-state index is 13.8. The van der Waals surface area contributed by atoms with Crippen molar-refractivity contribution in [3.63, 3.8) is 0 Å². The molecule has 2 aromatic carbocycles. The Labute approximate surface area is 233 Å². The molecule has 0 radical (unpaired) electrons. The lowest BCUT2D eigenvalue weighted by atomic mass is 10.00. The van der Waals surface area contributed by atoms with Crippen LogP contribution in [0, 0.1) is 0 Å². The number of fused-ring (bicyclic) bond motifs is 1. The summed E-state index contributed by atoms with van der Waals surface area (Å²) in [5.41, 5.74) is 1.53. The number of ether oxygens (including phenoxy) is 2. The number of carbonyl (C=O) groups is 1. The van der Waals surface area contributed by atoms with Gasteiger partial charge >= 0.3 is 12.1 Å². The van der Waals surface area contributed by atoms with E-state index in [0.717, 1.165) is 23.6 Å². The molecule has 0 aliphatic carbocycles. The van der Waals surface area contributed by atoms with Crippen molar-refractivity contribution < 1.29 is 32.5 Å². The van der Waals surface area contributed by atoms with E-state index in [9.17, 15) is 23.1 Å². The molecule has 5 rings (SSSR count). The minimum absolute atomic E-state index is 0.00982. The van der Waals surface area contributed by atoms with Crippen LogP contribution in [0.25, 0.3) is 0 Å². The van der Waals surface area contributed by atoms with E-state index >= 15 is 0 Å². The van der Waals surface area contributed by atoms with Crippen molar-refractivity contribution in [3.8, 4) is 11.5 Å². The molecular weight excluding hydrogens is 545 g/mol. The topological polar surface area (TPSA) is 77.8 Å². The third kappa shape index (κ3) is 5.27. The highest BCUT2D eigenvalue weighted by molar-refractivity contribution is 7.08. The number of aliphatic imine (C=N–C) groups is 1. The van der Waals surface area contributed by atoms with E-state index in [-0.39, 0.29) is 23.9 Å². The van der Waals surface area contributed by atoms with Crippen molar-refractivity contribution in [2.75, 3.05) is 43.7 Å². The van der Waals surface area contributed by atoms with E-state index in [1.165, 1.54) is 24.5 Å². The van der Waals surface area contributed by atoms with Gasteiger partial charge in [-0.3, -0.25) is 4.79 Å². The lowest BCUT2D eigenvalue weighted by Gasteiger charge is -2.47. The molecule has 0 amide bonds. The van der Waals surface area contributed by atoms with Gasteiger partial charge in [-0.2, -0.15) is 13.2 Å². The first kappa shape index (κ1) is 27.6. The standard InChI is InChI=1S/C28H29F3N4O4S/c1-17-14-33(9-10-34(17)19-5-4-6-20(12-19)38-2)27-32-22-16-40-15-21(22)23(13-26(36)37)35(27)24-11-18(28(29,30)31)7-8-25(24)39-3/h4-8,11-12,15-17,23H,9-10,13-14H2,1-3H3,(H,36,37). The summed E-state index contributed by atoms with van der Waals surface area (Å²) in [5, 5.41) is 13.5. The van der Waals surface area contributed by atoms with E-state index in [1.54, 1.807) is 17.4 Å². The molecule has 40 heavy (non-hydrogen) atoms. The zero-order valence-corrected chi connectivity index (χ0v) is 23.0. The number of methoxy groups -OCH3 is 2. The number of hydrogen-bond donors (Lipinski definition) is 1. The highest BCUT2D eigenvalue weighted by atomic mass is 32.1. The summed E-state index contributed by atoms with van der Waals surface area (Å²) in [4.78, 5) is 22.8. The summed E-state index contributed by atoms with van der Waals surface area (Å²) in [7, 11) is 2.99. The highest BCUT2D eigenvalue weighted by Gasteiger charge is 2.40. The Balaban J connectivity index is 1.58. The predicted molar refractivity (Wildman–Crippen MR) is 148 cm³/mol. The van der Waals surface area contributed by atoms with Crippen LogP contribution >= 0.6 is 11.3 Å². The molecule has 1 fully saturated rings. The van der Waals surface area contributed by atoms with Gasteiger partial charge in [-0.1, -0.05) is 6.07 Å². The number of alkyl halides is 3. The average molecular weight is 575 g/mol. The zero-order chi connectivity index (χ0) is 28.6. The number of carboxylic acids is 1. The molecule has 1 aromatic heterocycles. The first-order valence-electron chi connectivity index (χ1n) is 12.7. The summed E-state index contributed by atoms with van der Waals surface area (Å²) >= 11 is 1.37. The molecule has 12 heteroatoms. The van der Waals surface area contributed by atoms with E-state index < -0.39 is 23.8 Å². The van der Waals surface area contributed by atoms with Gasteiger partial charge < -0.3 is 29.3 Å². The van der Waals surface area contributed by atoms with Gasteiger partial charge in [0.25, 0.3) is 0 Å². The Hall–Kier alpha value is -3.93. The molecule has 1 saturated heterocycles. The fourth-order valence-electron chi connectivity index (χ4n) is 5.31. The molecule has 0 bridgehead atoms. The van der Waals surface area contributed by atoms with E-state index in [0.29, 0.717) is 36.8 Å². The molecule has 0 saturated carbocycles. The van der Waals surface area contributed by atoms with Gasteiger partial charge in [0.1, 0.15) is 11.5 Å². The quantitative estimate of drug-likeness (QED) is 0.386. The number of thiophene rings is 1. The predicted octanol–water partition coefficient (Wildman–Crippen LogP) is 6.02. The van der Waals surface area contributed by atoms with Crippen molar-refractivity contribution in [2.24, 2.45) is 4.99 Å². The molecule has 3 aromatic rings. The normalized spacial score (nSPS) is 19.2. The van der Waals surface area contributed by atoms with E-state index in [2.05, 4.69) is 11.8 Å². The summed E-state index contributed by atoms with van der Waals surface area (Å²) in [6.45, 7) is 3.69. The minimum Gasteiger partial charge on any atom is -0.497 e. The molecule has 2 atom stereocenters. The smallest absolute Gasteiger partial charge is 0.416 e. The SMILES string of the molecule is COc1cccc(N2CCN(C3=Nc4cscc4C(CC(=O)O)N3c3cc(C(F)(F)F)ccc3OC)CC2C)c1. The molecule has 8 nitrogen and oxygen atoms in total. The fraction of sp³-hybridized carbons (Fsp3) is 0.357. The summed E-state index contributed by atoms with van der Waals surface area (Å²) in [5.74, 6) is 0.258. The van der Waals surface area contributed by atoms with Gasteiger partial charge in [0, 0.05) is 48.4 Å². The van der Waals surface area contributed by atoms with Crippen LogP contribution in [0.5, 0.6) is 11.5 Å². The van der Waals surface area contributed by atoms with Crippen molar-refractivity contribution in [2.45, 2.75) is 31.6 Å². The van der Waals surface area contributed by atoms with E-state index in [1.807, 2.05) is 34.5 Å².